The van der Waals surface area contributed by atoms with Crippen LogP contribution in [0.2, 0.25) is 0 Å². The standard InChI is InChI=1S/C15H24N2O5/c1-5-7-15(9-18,12(19)6-2)22-11(4)17-8-10(3)13(20)16-14(17)21/h5,8,11-12,18-19H,1,6-7,9H2,2-4H3,(H,16,20,21). The van der Waals surface area contributed by atoms with Gasteiger partial charge in [-0.15, -0.1) is 6.58 Å². The number of aryl methyl sites for hydroxylation is 1. The molecule has 3 atom stereocenters. The largest absolute Gasteiger partial charge is 0.393 e. The van der Waals surface area contributed by atoms with Gasteiger partial charge in [-0.25, -0.2) is 4.79 Å². The molecule has 1 heterocycles. The summed E-state index contributed by atoms with van der Waals surface area (Å²) in [5.41, 5.74) is -1.95. The van der Waals surface area contributed by atoms with Crippen molar-refractivity contribution in [3.05, 3.63) is 45.3 Å². The van der Waals surface area contributed by atoms with Gasteiger partial charge < -0.3 is 14.9 Å². The van der Waals surface area contributed by atoms with E-state index in [9.17, 15) is 19.8 Å². The van der Waals surface area contributed by atoms with E-state index in [1.54, 1.807) is 26.8 Å². The molecule has 0 spiro atoms. The predicted molar refractivity (Wildman–Crippen MR) is 82.8 cm³/mol. The third-order valence-corrected chi connectivity index (χ3v) is 3.69. The van der Waals surface area contributed by atoms with Gasteiger partial charge in [0.2, 0.25) is 0 Å². The van der Waals surface area contributed by atoms with E-state index in [1.165, 1.54) is 10.8 Å². The first-order valence-corrected chi connectivity index (χ1v) is 7.21. The second kappa shape index (κ2) is 7.53. The monoisotopic (exact) mass is 312 g/mol. The Hall–Kier alpha value is -1.70. The number of aliphatic hydroxyl groups excluding tert-OH is 2. The summed E-state index contributed by atoms with van der Waals surface area (Å²) in [5, 5.41) is 19.9. The van der Waals surface area contributed by atoms with Crippen LogP contribution < -0.4 is 11.2 Å². The SMILES string of the molecule is C=CCC(CO)(OC(C)n1cc(C)c(=O)[nH]c1=O)C(O)CC. The predicted octanol–water partition coefficient (Wildman–Crippen LogP) is 0.458. The molecule has 7 nitrogen and oxygen atoms in total. The Morgan fingerprint density at radius 1 is 1.55 bits per heavy atom. The molecule has 124 valence electrons. The lowest BCUT2D eigenvalue weighted by atomic mass is 9.91. The zero-order valence-electron chi connectivity index (χ0n) is 13.2. The highest BCUT2D eigenvalue weighted by Gasteiger charge is 2.38. The topological polar surface area (TPSA) is 105 Å². The Bertz CT molecular complexity index is 621. The fourth-order valence-electron chi connectivity index (χ4n) is 2.34. The fourth-order valence-corrected chi connectivity index (χ4v) is 2.34. The summed E-state index contributed by atoms with van der Waals surface area (Å²) in [6.07, 6.45) is 1.83. The highest BCUT2D eigenvalue weighted by atomic mass is 16.5. The van der Waals surface area contributed by atoms with Crippen molar-refractivity contribution in [3.63, 3.8) is 0 Å². The zero-order chi connectivity index (χ0) is 16.9. The molecule has 1 rings (SSSR count). The van der Waals surface area contributed by atoms with Crippen molar-refractivity contribution < 1.29 is 14.9 Å². The molecule has 0 saturated heterocycles. The van der Waals surface area contributed by atoms with Crippen molar-refractivity contribution >= 4 is 0 Å². The van der Waals surface area contributed by atoms with Crippen LogP contribution in [-0.4, -0.2) is 38.1 Å². The molecule has 0 aromatic carbocycles. The maximum Gasteiger partial charge on any atom is 0.330 e. The molecule has 1 aromatic rings. The van der Waals surface area contributed by atoms with Gasteiger partial charge in [-0.2, -0.15) is 0 Å². The molecular formula is C15H24N2O5. The normalized spacial score (nSPS) is 16.8. The maximum atomic E-state index is 11.9. The third kappa shape index (κ3) is 3.73. The first-order chi connectivity index (χ1) is 10.3. The summed E-state index contributed by atoms with van der Waals surface area (Å²) in [5.74, 6) is 0. The summed E-state index contributed by atoms with van der Waals surface area (Å²) >= 11 is 0. The number of rotatable bonds is 8. The van der Waals surface area contributed by atoms with Gasteiger partial charge in [0.1, 0.15) is 11.8 Å². The average molecular weight is 312 g/mol. The van der Waals surface area contributed by atoms with Crippen LogP contribution in [0.1, 0.15) is 38.5 Å². The second-order valence-corrected chi connectivity index (χ2v) is 5.34. The summed E-state index contributed by atoms with van der Waals surface area (Å²) in [6, 6.07) is 0. The molecule has 3 N–H and O–H groups in total. The number of aromatic amines is 1. The summed E-state index contributed by atoms with van der Waals surface area (Å²) in [6.45, 7) is 8.14. The number of H-pyrrole nitrogens is 1. The van der Waals surface area contributed by atoms with E-state index in [1.807, 2.05) is 0 Å². The van der Waals surface area contributed by atoms with Gasteiger partial charge in [0.15, 0.2) is 0 Å². The number of hydrogen-bond acceptors (Lipinski definition) is 5. The number of nitrogens with zero attached hydrogens (tertiary/aromatic N) is 1. The molecular weight excluding hydrogens is 288 g/mol. The van der Waals surface area contributed by atoms with Gasteiger partial charge in [-0.3, -0.25) is 14.3 Å². The van der Waals surface area contributed by atoms with E-state index >= 15 is 0 Å². The van der Waals surface area contributed by atoms with Crippen LogP contribution in [0.5, 0.6) is 0 Å². The Labute approximate surface area is 128 Å². The van der Waals surface area contributed by atoms with Crippen LogP contribution in [0.3, 0.4) is 0 Å². The van der Waals surface area contributed by atoms with E-state index in [2.05, 4.69) is 11.6 Å². The van der Waals surface area contributed by atoms with Crippen molar-refractivity contribution in [2.45, 2.75) is 51.5 Å². The van der Waals surface area contributed by atoms with Gasteiger partial charge in [0.25, 0.3) is 5.56 Å². The summed E-state index contributed by atoms with van der Waals surface area (Å²) in [7, 11) is 0. The Kier molecular flexibility index (Phi) is 6.28. The molecule has 0 fully saturated rings. The molecule has 3 unspecified atom stereocenters. The first kappa shape index (κ1) is 18.3. The lowest BCUT2D eigenvalue weighted by Gasteiger charge is -2.38. The van der Waals surface area contributed by atoms with Gasteiger partial charge in [-0.05, 0) is 26.7 Å². The fraction of sp³-hybridized carbons (Fsp3) is 0.600. The molecule has 22 heavy (non-hydrogen) atoms. The van der Waals surface area contributed by atoms with Gasteiger partial charge in [-0.1, -0.05) is 13.0 Å². The van der Waals surface area contributed by atoms with Crippen molar-refractivity contribution in [2.24, 2.45) is 0 Å². The molecule has 0 radical (unpaired) electrons. The van der Waals surface area contributed by atoms with E-state index in [0.29, 0.717) is 12.0 Å². The van der Waals surface area contributed by atoms with E-state index < -0.39 is 35.8 Å². The van der Waals surface area contributed by atoms with Crippen LogP contribution >= 0.6 is 0 Å². The Morgan fingerprint density at radius 2 is 2.18 bits per heavy atom. The lowest BCUT2D eigenvalue weighted by Crippen LogP contribution is -2.49. The molecule has 0 amide bonds. The van der Waals surface area contributed by atoms with E-state index in [4.69, 9.17) is 4.74 Å². The smallest absolute Gasteiger partial charge is 0.330 e. The first-order valence-electron chi connectivity index (χ1n) is 7.21. The second-order valence-electron chi connectivity index (χ2n) is 5.34. The molecule has 7 heteroatoms. The molecule has 0 saturated carbocycles. The zero-order valence-corrected chi connectivity index (χ0v) is 13.2. The number of hydrogen-bond donors (Lipinski definition) is 3. The lowest BCUT2D eigenvalue weighted by molar-refractivity contribution is -0.191. The summed E-state index contributed by atoms with van der Waals surface area (Å²) < 4.78 is 7.03. The van der Waals surface area contributed by atoms with Crippen LogP contribution in [0.4, 0.5) is 0 Å². The van der Waals surface area contributed by atoms with Gasteiger partial charge >= 0.3 is 5.69 Å². The minimum absolute atomic E-state index is 0.222. The van der Waals surface area contributed by atoms with Crippen LogP contribution in [0.15, 0.2) is 28.4 Å². The molecule has 0 bridgehead atoms. The van der Waals surface area contributed by atoms with Crippen molar-refractivity contribution in [3.8, 4) is 0 Å². The quantitative estimate of drug-likeness (QED) is 0.605. The molecule has 0 aliphatic heterocycles. The van der Waals surface area contributed by atoms with E-state index in [-0.39, 0.29) is 6.42 Å². The van der Waals surface area contributed by atoms with Crippen LogP contribution in [0, 0.1) is 6.92 Å². The number of ether oxygens (including phenoxy) is 1. The van der Waals surface area contributed by atoms with Gasteiger partial charge in [0, 0.05) is 11.8 Å². The van der Waals surface area contributed by atoms with Crippen molar-refractivity contribution in [2.75, 3.05) is 6.61 Å². The molecule has 1 aromatic heterocycles. The minimum atomic E-state index is -1.25. The van der Waals surface area contributed by atoms with E-state index in [0.717, 1.165) is 0 Å². The summed E-state index contributed by atoms with van der Waals surface area (Å²) in [4.78, 5) is 25.5. The van der Waals surface area contributed by atoms with Crippen LogP contribution in [-0.2, 0) is 4.74 Å². The van der Waals surface area contributed by atoms with Crippen LogP contribution in [0.25, 0.3) is 0 Å². The van der Waals surface area contributed by atoms with Crippen molar-refractivity contribution in [1.82, 2.24) is 9.55 Å². The average Bonchev–Trinajstić information content (AvgIpc) is 2.49. The number of aromatic nitrogens is 2. The Morgan fingerprint density at radius 3 is 2.68 bits per heavy atom. The third-order valence-electron chi connectivity index (χ3n) is 3.69. The highest BCUT2D eigenvalue weighted by molar-refractivity contribution is 5.01. The maximum absolute atomic E-state index is 11.9. The number of aliphatic hydroxyl groups is 2. The highest BCUT2D eigenvalue weighted by Crippen LogP contribution is 2.28. The minimum Gasteiger partial charge on any atom is -0.393 e. The number of nitrogens with one attached hydrogen (secondary N) is 1. The molecule has 0 aliphatic rings. The van der Waals surface area contributed by atoms with Crippen molar-refractivity contribution in [1.29, 1.82) is 0 Å². The molecule has 0 aliphatic carbocycles. The Balaban J connectivity index is 3.18. The van der Waals surface area contributed by atoms with Gasteiger partial charge in [0.05, 0.1) is 12.7 Å².